The van der Waals surface area contributed by atoms with Gasteiger partial charge in [0.1, 0.15) is 16.6 Å². The summed E-state index contributed by atoms with van der Waals surface area (Å²) in [6.07, 6.45) is 1.52. The van der Waals surface area contributed by atoms with Crippen molar-refractivity contribution in [2.75, 3.05) is 0 Å². The van der Waals surface area contributed by atoms with Gasteiger partial charge in [0.15, 0.2) is 10.6 Å². The number of thiazole rings is 1. The van der Waals surface area contributed by atoms with Crippen molar-refractivity contribution in [3.05, 3.63) is 40.8 Å². The standard InChI is InChI=1S/C12H8F2N4S2/c1-18-10(16-17-12(18)19)8-5-15-11(20-8)9-6(13)3-2-4-7(9)14/h2-5H,1H3,(H,17,19). The lowest BCUT2D eigenvalue weighted by Gasteiger charge is -2.00. The van der Waals surface area contributed by atoms with Crippen LogP contribution in [0.15, 0.2) is 24.4 Å². The lowest BCUT2D eigenvalue weighted by Crippen LogP contribution is -1.90. The van der Waals surface area contributed by atoms with Crippen LogP contribution in [0.25, 0.3) is 21.3 Å². The highest BCUT2D eigenvalue weighted by Crippen LogP contribution is 2.33. The molecule has 0 saturated heterocycles. The van der Waals surface area contributed by atoms with Gasteiger partial charge in [0.2, 0.25) is 0 Å². The molecule has 0 bridgehead atoms. The Kier molecular flexibility index (Phi) is 3.19. The van der Waals surface area contributed by atoms with E-state index in [9.17, 15) is 8.78 Å². The van der Waals surface area contributed by atoms with Crippen LogP contribution in [-0.4, -0.2) is 19.7 Å². The van der Waals surface area contributed by atoms with Gasteiger partial charge in [0.05, 0.1) is 10.4 Å². The van der Waals surface area contributed by atoms with E-state index in [1.165, 1.54) is 24.4 Å². The second-order valence-corrected chi connectivity index (χ2v) is 5.46. The van der Waals surface area contributed by atoms with E-state index in [4.69, 9.17) is 12.2 Å². The molecule has 0 aliphatic carbocycles. The third-order valence-corrected chi connectivity index (χ3v) is 4.16. The number of benzene rings is 1. The first-order valence-electron chi connectivity index (χ1n) is 5.60. The zero-order valence-electron chi connectivity index (χ0n) is 10.2. The van der Waals surface area contributed by atoms with E-state index in [1.807, 2.05) is 0 Å². The Hall–Kier alpha value is -1.93. The second kappa shape index (κ2) is 4.88. The maximum absolute atomic E-state index is 13.7. The Bertz CT molecular complexity index is 814. The van der Waals surface area contributed by atoms with Crippen molar-refractivity contribution in [1.82, 2.24) is 19.7 Å². The summed E-state index contributed by atoms with van der Waals surface area (Å²) in [5.41, 5.74) is -0.125. The van der Waals surface area contributed by atoms with Gasteiger partial charge in [-0.05, 0) is 24.4 Å². The Morgan fingerprint density at radius 3 is 2.60 bits per heavy atom. The van der Waals surface area contributed by atoms with Gasteiger partial charge >= 0.3 is 0 Å². The molecule has 0 fully saturated rings. The van der Waals surface area contributed by atoms with E-state index < -0.39 is 11.6 Å². The molecular weight excluding hydrogens is 302 g/mol. The number of aromatic nitrogens is 4. The largest absolute Gasteiger partial charge is 0.303 e. The highest BCUT2D eigenvalue weighted by atomic mass is 32.1. The summed E-state index contributed by atoms with van der Waals surface area (Å²) in [4.78, 5) is 4.75. The molecule has 1 N–H and O–H groups in total. The van der Waals surface area contributed by atoms with Gasteiger partial charge in [-0.15, -0.1) is 11.3 Å². The average Bonchev–Trinajstić information content (AvgIpc) is 2.99. The number of hydrogen-bond donors (Lipinski definition) is 1. The van der Waals surface area contributed by atoms with Crippen molar-refractivity contribution in [3.63, 3.8) is 0 Å². The number of hydrogen-bond acceptors (Lipinski definition) is 4. The molecule has 0 atom stereocenters. The van der Waals surface area contributed by atoms with Crippen LogP contribution >= 0.6 is 23.6 Å². The van der Waals surface area contributed by atoms with Crippen molar-refractivity contribution in [3.8, 4) is 21.3 Å². The minimum absolute atomic E-state index is 0.125. The van der Waals surface area contributed by atoms with E-state index in [2.05, 4.69) is 15.2 Å². The highest BCUT2D eigenvalue weighted by molar-refractivity contribution is 7.71. The van der Waals surface area contributed by atoms with E-state index in [1.54, 1.807) is 11.6 Å². The Morgan fingerprint density at radius 2 is 2.00 bits per heavy atom. The van der Waals surface area contributed by atoms with Crippen molar-refractivity contribution >= 4 is 23.6 Å². The summed E-state index contributed by atoms with van der Waals surface area (Å²) < 4.78 is 29.6. The normalized spacial score (nSPS) is 10.9. The maximum atomic E-state index is 13.7. The summed E-state index contributed by atoms with van der Waals surface area (Å²) in [5.74, 6) is -0.696. The lowest BCUT2D eigenvalue weighted by molar-refractivity contribution is 0.589. The third kappa shape index (κ3) is 2.06. The summed E-state index contributed by atoms with van der Waals surface area (Å²) in [7, 11) is 1.75. The van der Waals surface area contributed by atoms with Crippen LogP contribution in [-0.2, 0) is 7.05 Å². The second-order valence-electron chi connectivity index (χ2n) is 4.04. The van der Waals surface area contributed by atoms with Gasteiger partial charge in [-0.2, -0.15) is 5.10 Å². The smallest absolute Gasteiger partial charge is 0.195 e. The zero-order chi connectivity index (χ0) is 14.3. The third-order valence-electron chi connectivity index (χ3n) is 2.78. The Labute approximate surface area is 121 Å². The van der Waals surface area contributed by atoms with Crippen LogP contribution < -0.4 is 0 Å². The molecule has 3 rings (SSSR count). The predicted octanol–water partition coefficient (Wildman–Crippen LogP) is 3.55. The number of H-pyrrole nitrogens is 1. The summed E-state index contributed by atoms with van der Waals surface area (Å²) >= 11 is 6.18. The first-order valence-corrected chi connectivity index (χ1v) is 6.82. The fraction of sp³-hybridized carbons (Fsp3) is 0.0833. The quantitative estimate of drug-likeness (QED) is 0.736. The first kappa shape index (κ1) is 13.1. The summed E-state index contributed by atoms with van der Waals surface area (Å²) in [6.45, 7) is 0. The Balaban J connectivity index is 2.11. The molecule has 0 spiro atoms. The highest BCUT2D eigenvalue weighted by Gasteiger charge is 2.17. The van der Waals surface area contributed by atoms with Crippen LogP contribution in [0.2, 0.25) is 0 Å². The molecule has 2 aromatic heterocycles. The van der Waals surface area contributed by atoms with Crippen molar-refractivity contribution in [2.45, 2.75) is 0 Å². The number of rotatable bonds is 2. The van der Waals surface area contributed by atoms with Gasteiger partial charge in [-0.3, -0.25) is 5.10 Å². The van der Waals surface area contributed by atoms with Crippen LogP contribution in [0.3, 0.4) is 0 Å². The van der Waals surface area contributed by atoms with Crippen LogP contribution in [0, 0.1) is 16.4 Å². The SMILES string of the molecule is Cn1c(-c2cnc(-c3c(F)cccc3F)s2)n[nH]c1=S. The van der Waals surface area contributed by atoms with E-state index in [-0.39, 0.29) is 10.6 Å². The van der Waals surface area contributed by atoms with Crippen LogP contribution in [0.4, 0.5) is 8.78 Å². The number of nitrogens with zero attached hydrogens (tertiary/aromatic N) is 3. The number of aromatic amines is 1. The zero-order valence-corrected chi connectivity index (χ0v) is 11.9. The van der Waals surface area contributed by atoms with Crippen molar-refractivity contribution in [1.29, 1.82) is 0 Å². The minimum atomic E-state index is -0.638. The maximum Gasteiger partial charge on any atom is 0.195 e. The number of halogens is 2. The van der Waals surface area contributed by atoms with E-state index in [0.29, 0.717) is 15.5 Å². The fourth-order valence-electron chi connectivity index (χ4n) is 1.76. The molecule has 20 heavy (non-hydrogen) atoms. The van der Waals surface area contributed by atoms with Gasteiger partial charge in [0, 0.05) is 13.2 Å². The van der Waals surface area contributed by atoms with E-state index >= 15 is 0 Å². The van der Waals surface area contributed by atoms with Crippen LogP contribution in [0.5, 0.6) is 0 Å². The number of nitrogens with one attached hydrogen (secondary N) is 1. The molecule has 2 heterocycles. The lowest BCUT2D eigenvalue weighted by atomic mass is 10.2. The Morgan fingerprint density at radius 1 is 1.30 bits per heavy atom. The molecule has 8 heteroatoms. The van der Waals surface area contributed by atoms with Gasteiger partial charge in [0.25, 0.3) is 0 Å². The first-order chi connectivity index (χ1) is 9.58. The molecule has 0 aliphatic heterocycles. The van der Waals surface area contributed by atoms with Crippen molar-refractivity contribution < 1.29 is 8.78 Å². The van der Waals surface area contributed by atoms with Crippen LogP contribution in [0.1, 0.15) is 0 Å². The fourth-order valence-corrected chi connectivity index (χ4v) is 2.88. The molecule has 102 valence electrons. The van der Waals surface area contributed by atoms with Gasteiger partial charge in [-0.25, -0.2) is 13.8 Å². The molecule has 0 radical (unpaired) electrons. The summed E-state index contributed by atoms with van der Waals surface area (Å²) in [6, 6.07) is 3.73. The molecule has 0 aliphatic rings. The average molecular weight is 310 g/mol. The summed E-state index contributed by atoms with van der Waals surface area (Å²) in [5, 5.41) is 6.99. The molecular formula is C12H8F2N4S2. The molecule has 0 saturated carbocycles. The minimum Gasteiger partial charge on any atom is -0.303 e. The molecule has 4 nitrogen and oxygen atoms in total. The molecule has 3 aromatic rings. The monoisotopic (exact) mass is 310 g/mol. The topological polar surface area (TPSA) is 46.5 Å². The predicted molar refractivity (Wildman–Crippen MR) is 74.9 cm³/mol. The molecule has 0 amide bonds. The van der Waals surface area contributed by atoms with Gasteiger partial charge in [-0.1, -0.05) is 6.07 Å². The van der Waals surface area contributed by atoms with Crippen molar-refractivity contribution in [2.24, 2.45) is 7.05 Å². The molecule has 1 aromatic carbocycles. The van der Waals surface area contributed by atoms with E-state index in [0.717, 1.165) is 11.3 Å². The van der Waals surface area contributed by atoms with Gasteiger partial charge < -0.3 is 4.57 Å². The molecule has 0 unspecified atom stereocenters.